The van der Waals surface area contributed by atoms with Crippen molar-refractivity contribution in [3.63, 3.8) is 0 Å². The standard InChI is InChI=1S/C32H42O2/c1-2-3-4-5-6-7-8-9-10-11-12-15-21-28-22-20-27-31(33-29-23-16-13-17-24-29)32(28)34-30-25-18-14-19-26-30/h13-14,16-20,22-27H,2-12,15,21H2,1H3. The van der Waals surface area contributed by atoms with Crippen LogP contribution in [-0.2, 0) is 6.42 Å². The molecular formula is C32H42O2. The summed E-state index contributed by atoms with van der Waals surface area (Å²) in [5, 5.41) is 0. The molecule has 0 bridgehead atoms. The average Bonchev–Trinajstić information content (AvgIpc) is 2.87. The molecule has 2 nitrogen and oxygen atoms in total. The van der Waals surface area contributed by atoms with E-state index in [4.69, 9.17) is 9.47 Å². The highest BCUT2D eigenvalue weighted by Crippen LogP contribution is 2.38. The van der Waals surface area contributed by atoms with E-state index in [2.05, 4.69) is 19.1 Å². The van der Waals surface area contributed by atoms with Crippen molar-refractivity contribution >= 4 is 0 Å². The molecule has 0 spiro atoms. The first-order chi connectivity index (χ1) is 16.9. The molecule has 182 valence electrons. The summed E-state index contributed by atoms with van der Waals surface area (Å²) in [5.74, 6) is 3.26. The second-order valence-electron chi connectivity index (χ2n) is 9.21. The Morgan fingerprint density at radius 2 is 0.971 bits per heavy atom. The highest BCUT2D eigenvalue weighted by Gasteiger charge is 2.13. The Balaban J connectivity index is 1.48. The number of aryl methyl sites for hydroxylation is 1. The lowest BCUT2D eigenvalue weighted by Gasteiger charge is -2.16. The number of hydrogen-bond donors (Lipinski definition) is 0. The fraction of sp³-hybridized carbons (Fsp3) is 0.438. The number of para-hydroxylation sites is 3. The molecule has 0 fully saturated rings. The first-order valence-corrected chi connectivity index (χ1v) is 13.4. The van der Waals surface area contributed by atoms with Crippen LogP contribution in [0.5, 0.6) is 23.0 Å². The van der Waals surface area contributed by atoms with Crippen molar-refractivity contribution in [1.29, 1.82) is 0 Å². The summed E-state index contributed by atoms with van der Waals surface area (Å²) >= 11 is 0. The number of hydrogen-bond acceptors (Lipinski definition) is 2. The summed E-state index contributed by atoms with van der Waals surface area (Å²) in [7, 11) is 0. The van der Waals surface area contributed by atoms with E-state index in [9.17, 15) is 0 Å². The van der Waals surface area contributed by atoms with E-state index >= 15 is 0 Å². The molecule has 0 unspecified atom stereocenters. The molecular weight excluding hydrogens is 416 g/mol. The molecule has 0 radical (unpaired) electrons. The van der Waals surface area contributed by atoms with E-state index in [-0.39, 0.29) is 0 Å². The normalized spacial score (nSPS) is 10.9. The van der Waals surface area contributed by atoms with Crippen LogP contribution in [0, 0.1) is 0 Å². The number of benzene rings is 3. The van der Waals surface area contributed by atoms with Gasteiger partial charge in [-0.05, 0) is 48.7 Å². The van der Waals surface area contributed by atoms with Gasteiger partial charge in [0.25, 0.3) is 0 Å². The van der Waals surface area contributed by atoms with Crippen LogP contribution in [0.15, 0.2) is 78.9 Å². The zero-order valence-corrected chi connectivity index (χ0v) is 21.0. The maximum atomic E-state index is 6.35. The van der Waals surface area contributed by atoms with Crippen molar-refractivity contribution in [3.05, 3.63) is 84.4 Å². The highest BCUT2D eigenvalue weighted by molar-refractivity contribution is 5.50. The summed E-state index contributed by atoms with van der Waals surface area (Å²) in [4.78, 5) is 0. The van der Waals surface area contributed by atoms with Gasteiger partial charge in [0.05, 0.1) is 0 Å². The summed E-state index contributed by atoms with van der Waals surface area (Å²) in [5.41, 5.74) is 1.21. The van der Waals surface area contributed by atoms with Gasteiger partial charge in [0, 0.05) is 0 Å². The topological polar surface area (TPSA) is 18.5 Å². The zero-order chi connectivity index (χ0) is 23.7. The summed E-state index contributed by atoms with van der Waals surface area (Å²) in [6, 6.07) is 26.2. The van der Waals surface area contributed by atoms with E-state index in [1.54, 1.807) is 0 Å². The lowest BCUT2D eigenvalue weighted by molar-refractivity contribution is 0.414. The maximum Gasteiger partial charge on any atom is 0.173 e. The molecule has 0 aliphatic heterocycles. The summed E-state index contributed by atoms with van der Waals surface area (Å²) in [6.07, 6.45) is 17.3. The van der Waals surface area contributed by atoms with Crippen molar-refractivity contribution in [3.8, 4) is 23.0 Å². The van der Waals surface area contributed by atoms with Crippen LogP contribution in [0.2, 0.25) is 0 Å². The third-order valence-electron chi connectivity index (χ3n) is 6.29. The van der Waals surface area contributed by atoms with Gasteiger partial charge in [0.2, 0.25) is 0 Å². The Kier molecular flexibility index (Phi) is 12.2. The van der Waals surface area contributed by atoms with Gasteiger partial charge < -0.3 is 9.47 Å². The van der Waals surface area contributed by atoms with Crippen molar-refractivity contribution in [1.82, 2.24) is 0 Å². The zero-order valence-electron chi connectivity index (χ0n) is 21.0. The minimum Gasteiger partial charge on any atom is -0.453 e. The molecule has 0 saturated carbocycles. The van der Waals surface area contributed by atoms with Crippen LogP contribution >= 0.6 is 0 Å². The number of rotatable bonds is 17. The number of unbranched alkanes of at least 4 members (excludes halogenated alkanes) is 11. The van der Waals surface area contributed by atoms with Crippen molar-refractivity contribution < 1.29 is 9.47 Å². The van der Waals surface area contributed by atoms with Gasteiger partial charge in [-0.1, -0.05) is 126 Å². The predicted molar refractivity (Wildman–Crippen MR) is 144 cm³/mol. The molecule has 0 amide bonds. The van der Waals surface area contributed by atoms with Crippen LogP contribution in [-0.4, -0.2) is 0 Å². The first kappa shape index (κ1) is 25.9. The molecule has 0 aliphatic carbocycles. The van der Waals surface area contributed by atoms with Crippen molar-refractivity contribution in [2.75, 3.05) is 0 Å². The Labute approximate surface area is 207 Å². The SMILES string of the molecule is CCCCCCCCCCCCCCc1cccc(Oc2ccccc2)c1Oc1ccccc1. The fourth-order valence-corrected chi connectivity index (χ4v) is 4.33. The van der Waals surface area contributed by atoms with E-state index in [0.717, 1.165) is 29.4 Å². The molecule has 0 aliphatic rings. The summed E-state index contributed by atoms with van der Waals surface area (Å²) < 4.78 is 12.6. The maximum absolute atomic E-state index is 6.35. The third-order valence-corrected chi connectivity index (χ3v) is 6.29. The molecule has 34 heavy (non-hydrogen) atoms. The Morgan fingerprint density at radius 3 is 1.53 bits per heavy atom. The monoisotopic (exact) mass is 458 g/mol. The van der Waals surface area contributed by atoms with Crippen LogP contribution in [0.25, 0.3) is 0 Å². The van der Waals surface area contributed by atoms with Crippen molar-refractivity contribution in [2.45, 2.75) is 90.4 Å². The van der Waals surface area contributed by atoms with Crippen LogP contribution in [0.3, 0.4) is 0 Å². The van der Waals surface area contributed by atoms with E-state index in [0.29, 0.717) is 0 Å². The average molecular weight is 459 g/mol. The fourth-order valence-electron chi connectivity index (χ4n) is 4.33. The Bertz CT molecular complexity index is 905. The molecule has 3 aromatic rings. The second-order valence-corrected chi connectivity index (χ2v) is 9.21. The molecule has 2 heteroatoms. The summed E-state index contributed by atoms with van der Waals surface area (Å²) in [6.45, 7) is 2.28. The third kappa shape index (κ3) is 9.63. The van der Waals surface area contributed by atoms with Gasteiger partial charge in [-0.2, -0.15) is 0 Å². The quantitative estimate of drug-likeness (QED) is 0.187. The molecule has 0 aromatic heterocycles. The van der Waals surface area contributed by atoms with E-state index in [1.165, 1.54) is 82.6 Å². The smallest absolute Gasteiger partial charge is 0.173 e. The number of ether oxygens (including phenoxy) is 2. The molecule has 0 N–H and O–H groups in total. The van der Waals surface area contributed by atoms with Crippen LogP contribution in [0.1, 0.15) is 89.5 Å². The Morgan fingerprint density at radius 1 is 0.471 bits per heavy atom. The van der Waals surface area contributed by atoms with Crippen LogP contribution in [0.4, 0.5) is 0 Å². The molecule has 0 atom stereocenters. The predicted octanol–water partition coefficient (Wildman–Crippen LogP) is 10.5. The Hall–Kier alpha value is -2.74. The van der Waals surface area contributed by atoms with Gasteiger partial charge in [0.15, 0.2) is 11.5 Å². The van der Waals surface area contributed by atoms with Gasteiger partial charge >= 0.3 is 0 Å². The van der Waals surface area contributed by atoms with Crippen molar-refractivity contribution in [2.24, 2.45) is 0 Å². The molecule has 3 rings (SSSR count). The van der Waals surface area contributed by atoms with E-state index < -0.39 is 0 Å². The van der Waals surface area contributed by atoms with Gasteiger partial charge in [-0.25, -0.2) is 0 Å². The lowest BCUT2D eigenvalue weighted by Crippen LogP contribution is -1.96. The highest BCUT2D eigenvalue weighted by atomic mass is 16.5. The van der Waals surface area contributed by atoms with Crippen LogP contribution < -0.4 is 9.47 Å². The first-order valence-electron chi connectivity index (χ1n) is 13.4. The van der Waals surface area contributed by atoms with E-state index in [1.807, 2.05) is 66.7 Å². The lowest BCUT2D eigenvalue weighted by atomic mass is 10.0. The second kappa shape index (κ2) is 16.0. The molecule has 0 heterocycles. The minimum absolute atomic E-state index is 0.770. The van der Waals surface area contributed by atoms with Gasteiger partial charge in [-0.3, -0.25) is 0 Å². The van der Waals surface area contributed by atoms with Gasteiger partial charge in [0.1, 0.15) is 11.5 Å². The molecule has 3 aromatic carbocycles. The minimum atomic E-state index is 0.770. The largest absolute Gasteiger partial charge is 0.453 e. The molecule has 0 saturated heterocycles. The van der Waals surface area contributed by atoms with Gasteiger partial charge in [-0.15, -0.1) is 0 Å².